The summed E-state index contributed by atoms with van der Waals surface area (Å²) >= 11 is 0. The maximum absolute atomic E-state index is 11.9. The smallest absolute Gasteiger partial charge is 0.309 e. The molecule has 27 heavy (non-hydrogen) atoms. The summed E-state index contributed by atoms with van der Waals surface area (Å²) in [5.74, 6) is -0.197. The van der Waals surface area contributed by atoms with Gasteiger partial charge in [0.25, 0.3) is 0 Å². The number of nitrogens with one attached hydrogen (secondary N) is 1. The van der Waals surface area contributed by atoms with Crippen LogP contribution in [0.4, 0.5) is 0 Å². The molecule has 0 spiro atoms. The molecule has 1 saturated heterocycles. The number of aliphatic hydroxyl groups excluding tert-OH is 1. The van der Waals surface area contributed by atoms with E-state index < -0.39 is 18.0 Å². The maximum Gasteiger partial charge on any atom is 0.309 e. The lowest BCUT2D eigenvalue weighted by Crippen LogP contribution is -2.53. The summed E-state index contributed by atoms with van der Waals surface area (Å²) in [7, 11) is 1.70. The van der Waals surface area contributed by atoms with E-state index in [4.69, 9.17) is 4.74 Å². The number of fused-ring (bicyclic) bond motifs is 6. The molecular weight excluding hydrogens is 344 g/mol. The number of methoxy groups -OCH3 is 1. The van der Waals surface area contributed by atoms with Crippen LogP contribution in [-0.2, 0) is 11.2 Å². The van der Waals surface area contributed by atoms with Crippen molar-refractivity contribution in [1.82, 2.24) is 9.88 Å². The third kappa shape index (κ3) is 2.50. The fourth-order valence-corrected chi connectivity index (χ4v) is 5.92. The highest BCUT2D eigenvalue weighted by Crippen LogP contribution is 2.49. The molecule has 0 radical (unpaired) electrons. The third-order valence-electron chi connectivity index (χ3n) is 7.13. The molecule has 5 atom stereocenters. The Morgan fingerprint density at radius 2 is 2.19 bits per heavy atom. The Morgan fingerprint density at radius 1 is 1.33 bits per heavy atom. The number of H-pyrrole nitrogens is 1. The average molecular weight is 370 g/mol. The van der Waals surface area contributed by atoms with E-state index in [0.29, 0.717) is 12.3 Å². The number of carbonyl (C=O) groups is 1. The third-order valence-corrected chi connectivity index (χ3v) is 7.13. The maximum atomic E-state index is 11.9. The summed E-state index contributed by atoms with van der Waals surface area (Å²) < 4.78 is 5.59. The molecule has 2 aliphatic heterocycles. The Balaban J connectivity index is 1.56. The summed E-state index contributed by atoms with van der Waals surface area (Å²) in [6.45, 7) is 1.92. The largest absolute Gasteiger partial charge is 0.496 e. The average Bonchev–Trinajstić information content (AvgIpc) is 3.05. The zero-order valence-electron chi connectivity index (χ0n) is 15.5. The molecular formula is C21H26N2O4. The van der Waals surface area contributed by atoms with Crippen LogP contribution in [0.2, 0.25) is 0 Å². The molecule has 3 N–H and O–H groups in total. The van der Waals surface area contributed by atoms with Crippen molar-refractivity contribution < 1.29 is 19.7 Å². The summed E-state index contributed by atoms with van der Waals surface area (Å²) in [4.78, 5) is 18.0. The number of piperidine rings is 1. The Hall–Kier alpha value is -2.05. The van der Waals surface area contributed by atoms with Crippen molar-refractivity contribution in [3.63, 3.8) is 0 Å². The van der Waals surface area contributed by atoms with E-state index in [1.54, 1.807) is 7.11 Å². The molecule has 144 valence electrons. The van der Waals surface area contributed by atoms with Crippen LogP contribution in [0, 0.1) is 17.8 Å². The summed E-state index contributed by atoms with van der Waals surface area (Å²) in [5, 5.41) is 21.2. The van der Waals surface area contributed by atoms with Gasteiger partial charge >= 0.3 is 5.97 Å². The monoisotopic (exact) mass is 370 g/mol. The second-order valence-electron chi connectivity index (χ2n) is 8.33. The molecule has 0 unspecified atom stereocenters. The van der Waals surface area contributed by atoms with Gasteiger partial charge in [-0.15, -0.1) is 0 Å². The van der Waals surface area contributed by atoms with E-state index >= 15 is 0 Å². The van der Waals surface area contributed by atoms with E-state index in [2.05, 4.69) is 16.0 Å². The van der Waals surface area contributed by atoms with Gasteiger partial charge in [0, 0.05) is 29.7 Å². The summed E-state index contributed by atoms with van der Waals surface area (Å²) in [6, 6.07) is 6.27. The minimum atomic E-state index is -0.847. The number of carboxylic acid groups (broad SMARTS) is 1. The number of aliphatic carboxylic acids is 1. The number of rotatable bonds is 2. The zero-order chi connectivity index (χ0) is 18.7. The number of benzene rings is 1. The second kappa shape index (κ2) is 6.24. The topological polar surface area (TPSA) is 85.8 Å². The Bertz CT molecular complexity index is 892. The first kappa shape index (κ1) is 17.1. The van der Waals surface area contributed by atoms with Crippen LogP contribution >= 0.6 is 0 Å². The lowest BCUT2D eigenvalue weighted by molar-refractivity contribution is -0.156. The molecule has 1 aliphatic carbocycles. The highest BCUT2D eigenvalue weighted by atomic mass is 16.5. The van der Waals surface area contributed by atoms with Gasteiger partial charge in [0.15, 0.2) is 0 Å². The number of aliphatic hydroxyl groups is 1. The van der Waals surface area contributed by atoms with E-state index in [1.807, 2.05) is 12.1 Å². The quantitative estimate of drug-likeness (QED) is 0.756. The first-order valence-corrected chi connectivity index (χ1v) is 9.91. The molecule has 3 aliphatic rings. The van der Waals surface area contributed by atoms with Crippen LogP contribution in [0.25, 0.3) is 10.9 Å². The van der Waals surface area contributed by atoms with Crippen LogP contribution in [-0.4, -0.2) is 52.4 Å². The zero-order valence-corrected chi connectivity index (χ0v) is 15.5. The molecule has 2 aromatic rings. The minimum Gasteiger partial charge on any atom is -0.496 e. The predicted molar refractivity (Wildman–Crippen MR) is 101 cm³/mol. The Kier molecular flexibility index (Phi) is 3.95. The SMILES string of the molecule is COc1cccc2[nH]c3c(c12)CCN1C[C@H]2CC[C@@H](O)[C@@H](C(=O)O)[C@H]2C[C@H]31. The molecule has 5 rings (SSSR count). The van der Waals surface area contributed by atoms with Gasteiger partial charge in [-0.3, -0.25) is 9.69 Å². The van der Waals surface area contributed by atoms with Crippen LogP contribution in [0.1, 0.15) is 36.6 Å². The van der Waals surface area contributed by atoms with E-state index in [0.717, 1.165) is 49.0 Å². The minimum absolute atomic E-state index is 0.0340. The van der Waals surface area contributed by atoms with Crippen LogP contribution in [0.5, 0.6) is 5.75 Å². The van der Waals surface area contributed by atoms with Gasteiger partial charge in [-0.25, -0.2) is 0 Å². The summed E-state index contributed by atoms with van der Waals surface area (Å²) in [5.41, 5.74) is 3.61. The molecule has 1 aromatic heterocycles. The number of aromatic amines is 1. The van der Waals surface area contributed by atoms with Crippen molar-refractivity contribution in [3.05, 3.63) is 29.5 Å². The van der Waals surface area contributed by atoms with Gasteiger partial charge in [0.05, 0.1) is 25.2 Å². The van der Waals surface area contributed by atoms with Gasteiger partial charge in [-0.2, -0.15) is 0 Å². The van der Waals surface area contributed by atoms with Crippen molar-refractivity contribution in [2.45, 2.75) is 37.8 Å². The van der Waals surface area contributed by atoms with E-state index in [9.17, 15) is 15.0 Å². The highest BCUT2D eigenvalue weighted by Gasteiger charge is 2.49. The lowest BCUT2D eigenvalue weighted by Gasteiger charge is -2.50. The van der Waals surface area contributed by atoms with Gasteiger partial charge in [-0.05, 0) is 55.2 Å². The number of nitrogens with zero attached hydrogens (tertiary/aromatic N) is 1. The van der Waals surface area contributed by atoms with E-state index in [-0.39, 0.29) is 12.0 Å². The second-order valence-corrected chi connectivity index (χ2v) is 8.33. The van der Waals surface area contributed by atoms with Crippen molar-refractivity contribution in [3.8, 4) is 5.75 Å². The predicted octanol–water partition coefficient (Wildman–Crippen LogP) is 2.57. The molecule has 1 aromatic carbocycles. The molecule has 0 bridgehead atoms. The van der Waals surface area contributed by atoms with E-state index in [1.165, 1.54) is 11.3 Å². The molecule has 3 heterocycles. The number of aromatic nitrogens is 1. The summed E-state index contributed by atoms with van der Waals surface area (Å²) in [6.07, 6.45) is 2.58. The molecule has 1 saturated carbocycles. The molecule has 6 heteroatoms. The Labute approximate surface area is 158 Å². The molecule has 2 fully saturated rings. The molecule has 6 nitrogen and oxygen atoms in total. The van der Waals surface area contributed by atoms with Gasteiger partial charge < -0.3 is 19.9 Å². The van der Waals surface area contributed by atoms with Gasteiger partial charge in [0.1, 0.15) is 5.75 Å². The lowest BCUT2D eigenvalue weighted by atomic mass is 9.65. The number of ether oxygens (including phenoxy) is 1. The van der Waals surface area contributed by atoms with Crippen LogP contribution in [0.3, 0.4) is 0 Å². The van der Waals surface area contributed by atoms with Crippen molar-refractivity contribution in [2.75, 3.05) is 20.2 Å². The van der Waals surface area contributed by atoms with Crippen molar-refractivity contribution >= 4 is 16.9 Å². The van der Waals surface area contributed by atoms with Gasteiger partial charge in [-0.1, -0.05) is 6.07 Å². The first-order valence-electron chi connectivity index (χ1n) is 9.91. The van der Waals surface area contributed by atoms with Gasteiger partial charge in [0.2, 0.25) is 0 Å². The fourth-order valence-electron chi connectivity index (χ4n) is 5.92. The molecule has 0 amide bonds. The van der Waals surface area contributed by atoms with Crippen molar-refractivity contribution in [2.24, 2.45) is 17.8 Å². The highest BCUT2D eigenvalue weighted by molar-refractivity contribution is 5.91. The normalized spacial score (nSPS) is 33.2. The van der Waals surface area contributed by atoms with Crippen LogP contribution in [0.15, 0.2) is 18.2 Å². The standard InChI is InChI=1S/C21H26N2O4/c1-27-17-4-2-3-14-18(17)12-7-8-23-10-11-5-6-16(24)19(21(25)26)13(11)9-15(23)20(12)22-14/h2-4,11,13,15-16,19,22,24H,5-10H2,1H3,(H,25,26)/t11-,13+,15-,16-,19+/m1/s1. The number of hydrogen-bond donors (Lipinski definition) is 3. The first-order chi connectivity index (χ1) is 13.1. The fraction of sp³-hybridized carbons (Fsp3) is 0.571. The number of carboxylic acids is 1. The number of hydrogen-bond acceptors (Lipinski definition) is 4. The van der Waals surface area contributed by atoms with Crippen LogP contribution < -0.4 is 4.74 Å². The Morgan fingerprint density at radius 3 is 2.96 bits per heavy atom. The van der Waals surface area contributed by atoms with Crippen molar-refractivity contribution in [1.29, 1.82) is 0 Å².